The zero-order valence-electron chi connectivity index (χ0n) is 13.0. The minimum absolute atomic E-state index is 0.00551. The van der Waals surface area contributed by atoms with E-state index in [1.165, 1.54) is 6.92 Å². The molecule has 1 aromatic carbocycles. The number of nitrogens with one attached hydrogen (secondary N) is 1. The second-order valence-corrected chi connectivity index (χ2v) is 6.53. The van der Waals surface area contributed by atoms with Gasteiger partial charge in [0.15, 0.2) is 0 Å². The molecule has 0 bridgehead atoms. The number of benzene rings is 1. The Labute approximate surface area is 146 Å². The van der Waals surface area contributed by atoms with Gasteiger partial charge in [-0.3, -0.25) is 9.59 Å². The lowest BCUT2D eigenvalue weighted by atomic mass is 9.96. The fourth-order valence-corrected chi connectivity index (χ4v) is 2.84. The van der Waals surface area contributed by atoms with Gasteiger partial charge >= 0.3 is 0 Å². The number of carbonyl (C=O) groups excluding carboxylic acids is 2. The molecule has 0 spiro atoms. The summed E-state index contributed by atoms with van der Waals surface area (Å²) in [7, 11) is 0. The molecule has 1 aromatic rings. The highest BCUT2D eigenvalue weighted by molar-refractivity contribution is 6.42. The molecule has 1 saturated heterocycles. The Kier molecular flexibility index (Phi) is 6.48. The summed E-state index contributed by atoms with van der Waals surface area (Å²) < 4.78 is 0. The average molecular weight is 355 g/mol. The molecule has 4 nitrogen and oxygen atoms in total. The van der Waals surface area contributed by atoms with Crippen LogP contribution >= 0.6 is 23.2 Å². The maximum atomic E-state index is 12.2. The van der Waals surface area contributed by atoms with Crippen molar-refractivity contribution < 1.29 is 9.59 Å². The average Bonchev–Trinajstić information content (AvgIpc) is 2.54. The first-order valence-electron chi connectivity index (χ1n) is 7.62. The van der Waals surface area contributed by atoms with Crippen molar-refractivity contribution in [2.75, 3.05) is 19.6 Å². The topological polar surface area (TPSA) is 49.4 Å². The lowest BCUT2D eigenvalue weighted by molar-refractivity contribution is -0.127. The molecule has 124 valence electrons. The van der Waals surface area contributed by atoms with E-state index in [9.17, 15) is 9.59 Å². The quantitative estimate of drug-likeness (QED) is 0.842. The van der Waals surface area contributed by atoms with E-state index in [0.717, 1.165) is 31.5 Å². The van der Waals surface area contributed by atoms with Gasteiger partial charge in [-0.15, -0.1) is 0 Å². The molecule has 0 radical (unpaired) electrons. The highest BCUT2D eigenvalue weighted by Gasteiger charge is 2.21. The van der Waals surface area contributed by atoms with Crippen LogP contribution in [0.25, 0.3) is 6.08 Å². The number of nitrogens with zero attached hydrogens (tertiary/aromatic N) is 1. The molecule has 23 heavy (non-hydrogen) atoms. The van der Waals surface area contributed by atoms with E-state index < -0.39 is 0 Å². The van der Waals surface area contributed by atoms with Gasteiger partial charge in [0.2, 0.25) is 11.8 Å². The zero-order chi connectivity index (χ0) is 16.8. The standard InChI is InChI=1S/C17H20Cl2N2O2/c1-12(22)20-11-14-6-8-21(9-7-14)17(23)5-3-13-2-4-15(18)16(19)10-13/h2-5,10,14H,6-9,11H2,1H3,(H,20,22)/b5-3+. The van der Waals surface area contributed by atoms with Crippen LogP contribution < -0.4 is 5.32 Å². The number of hydrogen-bond acceptors (Lipinski definition) is 2. The van der Waals surface area contributed by atoms with Gasteiger partial charge < -0.3 is 10.2 Å². The van der Waals surface area contributed by atoms with Gasteiger partial charge in [0, 0.05) is 32.6 Å². The fraction of sp³-hybridized carbons (Fsp3) is 0.412. The van der Waals surface area contributed by atoms with E-state index in [0.29, 0.717) is 22.5 Å². The number of hydrogen-bond donors (Lipinski definition) is 1. The summed E-state index contributed by atoms with van der Waals surface area (Å²) in [6.07, 6.45) is 5.13. The molecular weight excluding hydrogens is 335 g/mol. The van der Waals surface area contributed by atoms with E-state index >= 15 is 0 Å². The SMILES string of the molecule is CC(=O)NCC1CCN(C(=O)/C=C/c2ccc(Cl)c(Cl)c2)CC1. The van der Waals surface area contributed by atoms with Crippen LogP contribution in [0.4, 0.5) is 0 Å². The largest absolute Gasteiger partial charge is 0.356 e. The lowest BCUT2D eigenvalue weighted by Gasteiger charge is -2.31. The number of amides is 2. The Morgan fingerprint density at radius 2 is 1.96 bits per heavy atom. The molecule has 0 aliphatic carbocycles. The van der Waals surface area contributed by atoms with Crippen molar-refractivity contribution >= 4 is 41.1 Å². The van der Waals surface area contributed by atoms with Crippen LogP contribution in [0, 0.1) is 5.92 Å². The first-order valence-corrected chi connectivity index (χ1v) is 8.38. The number of carbonyl (C=O) groups is 2. The van der Waals surface area contributed by atoms with Gasteiger partial charge in [-0.05, 0) is 42.5 Å². The van der Waals surface area contributed by atoms with Gasteiger partial charge in [0.1, 0.15) is 0 Å². The zero-order valence-corrected chi connectivity index (χ0v) is 14.5. The summed E-state index contributed by atoms with van der Waals surface area (Å²) in [6, 6.07) is 5.26. The van der Waals surface area contributed by atoms with E-state index in [4.69, 9.17) is 23.2 Å². The summed E-state index contributed by atoms with van der Waals surface area (Å²) in [4.78, 5) is 25.0. The molecule has 0 unspecified atom stereocenters. The van der Waals surface area contributed by atoms with Crippen molar-refractivity contribution in [2.24, 2.45) is 5.92 Å². The van der Waals surface area contributed by atoms with Gasteiger partial charge in [0.05, 0.1) is 10.0 Å². The molecule has 0 atom stereocenters. The van der Waals surface area contributed by atoms with Gasteiger partial charge in [-0.25, -0.2) is 0 Å². The molecule has 1 aliphatic rings. The van der Waals surface area contributed by atoms with Crippen molar-refractivity contribution in [3.63, 3.8) is 0 Å². The molecule has 1 N–H and O–H groups in total. The molecule has 1 aliphatic heterocycles. The minimum Gasteiger partial charge on any atom is -0.356 e. The summed E-state index contributed by atoms with van der Waals surface area (Å²) in [5.41, 5.74) is 0.841. The van der Waals surface area contributed by atoms with Crippen molar-refractivity contribution in [1.29, 1.82) is 0 Å². The van der Waals surface area contributed by atoms with E-state index in [1.807, 2.05) is 11.0 Å². The summed E-state index contributed by atoms with van der Waals surface area (Å²) >= 11 is 11.8. The molecule has 6 heteroatoms. The molecule has 0 saturated carbocycles. The molecule has 2 rings (SSSR count). The van der Waals surface area contributed by atoms with E-state index in [-0.39, 0.29) is 11.8 Å². The Balaban J connectivity index is 1.83. The number of likely N-dealkylation sites (tertiary alicyclic amines) is 1. The second kappa shape index (κ2) is 8.37. The maximum absolute atomic E-state index is 12.2. The summed E-state index contributed by atoms with van der Waals surface area (Å²) in [5.74, 6) is 0.434. The Morgan fingerprint density at radius 3 is 2.57 bits per heavy atom. The monoisotopic (exact) mass is 354 g/mol. The van der Waals surface area contributed by atoms with Crippen LogP contribution in [-0.4, -0.2) is 36.3 Å². The Morgan fingerprint density at radius 1 is 1.26 bits per heavy atom. The van der Waals surface area contributed by atoms with E-state index in [1.54, 1.807) is 24.3 Å². The summed E-state index contributed by atoms with van der Waals surface area (Å²) in [5, 5.41) is 3.81. The number of rotatable bonds is 4. The van der Waals surface area contributed by atoms with Gasteiger partial charge in [-0.1, -0.05) is 29.3 Å². The third kappa shape index (κ3) is 5.56. The molecule has 0 aromatic heterocycles. The predicted molar refractivity (Wildman–Crippen MR) is 93.5 cm³/mol. The van der Waals surface area contributed by atoms with Crippen LogP contribution in [0.2, 0.25) is 10.0 Å². The Bertz CT molecular complexity index is 609. The summed E-state index contributed by atoms with van der Waals surface area (Å²) in [6.45, 7) is 3.65. The predicted octanol–water partition coefficient (Wildman–Crippen LogP) is 3.38. The lowest BCUT2D eigenvalue weighted by Crippen LogP contribution is -2.40. The van der Waals surface area contributed by atoms with Gasteiger partial charge in [0.25, 0.3) is 0 Å². The van der Waals surface area contributed by atoms with Crippen LogP contribution in [0.3, 0.4) is 0 Å². The molecule has 1 heterocycles. The third-order valence-electron chi connectivity index (χ3n) is 3.93. The van der Waals surface area contributed by atoms with E-state index in [2.05, 4.69) is 5.32 Å². The molecule has 2 amide bonds. The first kappa shape index (κ1) is 17.8. The van der Waals surface area contributed by atoms with Crippen molar-refractivity contribution in [3.8, 4) is 0 Å². The highest BCUT2D eigenvalue weighted by Crippen LogP contribution is 2.23. The van der Waals surface area contributed by atoms with Crippen LogP contribution in [0.5, 0.6) is 0 Å². The second-order valence-electron chi connectivity index (χ2n) is 5.71. The van der Waals surface area contributed by atoms with Crippen LogP contribution in [-0.2, 0) is 9.59 Å². The van der Waals surface area contributed by atoms with Crippen molar-refractivity contribution in [1.82, 2.24) is 10.2 Å². The fourth-order valence-electron chi connectivity index (χ4n) is 2.53. The number of halogens is 2. The maximum Gasteiger partial charge on any atom is 0.246 e. The van der Waals surface area contributed by atoms with Gasteiger partial charge in [-0.2, -0.15) is 0 Å². The normalized spacial score (nSPS) is 15.9. The first-order chi connectivity index (χ1) is 11.0. The smallest absolute Gasteiger partial charge is 0.246 e. The molecular formula is C17H20Cl2N2O2. The van der Waals surface area contributed by atoms with Crippen molar-refractivity contribution in [2.45, 2.75) is 19.8 Å². The number of piperidine rings is 1. The van der Waals surface area contributed by atoms with Crippen LogP contribution in [0.1, 0.15) is 25.3 Å². The van der Waals surface area contributed by atoms with Crippen molar-refractivity contribution in [3.05, 3.63) is 39.9 Å². The minimum atomic E-state index is -0.00642. The molecule has 1 fully saturated rings. The van der Waals surface area contributed by atoms with Crippen LogP contribution in [0.15, 0.2) is 24.3 Å². The third-order valence-corrected chi connectivity index (χ3v) is 4.67. The highest BCUT2D eigenvalue weighted by atomic mass is 35.5. The Hall–Kier alpha value is -1.52.